The van der Waals surface area contributed by atoms with Crippen LogP contribution < -0.4 is 5.32 Å². The number of benzene rings is 1. The molecule has 2 aromatic rings. The third kappa shape index (κ3) is 3.02. The highest BCUT2D eigenvalue weighted by atomic mass is 35.5. The fraction of sp³-hybridized carbons (Fsp3) is 0.529. The van der Waals surface area contributed by atoms with E-state index < -0.39 is 0 Å². The molecule has 0 radical (unpaired) electrons. The molecule has 2 atom stereocenters. The lowest BCUT2D eigenvalue weighted by atomic mass is 9.80. The average Bonchev–Trinajstić information content (AvgIpc) is 2.77. The van der Waals surface area contributed by atoms with Crippen LogP contribution in [0, 0.1) is 11.8 Å². The molecule has 1 aromatic heterocycles. The quantitative estimate of drug-likeness (QED) is 0.840. The van der Waals surface area contributed by atoms with Crippen molar-refractivity contribution < 1.29 is 0 Å². The van der Waals surface area contributed by atoms with E-state index in [4.69, 9.17) is 11.6 Å². The first-order valence-electron chi connectivity index (χ1n) is 7.60. The summed E-state index contributed by atoms with van der Waals surface area (Å²) >= 11 is 6.02. The Bertz CT molecular complexity index is 580. The molecule has 1 aromatic carbocycles. The molecule has 1 saturated carbocycles. The molecule has 2 N–H and O–H groups in total. The van der Waals surface area contributed by atoms with Gasteiger partial charge in [-0.1, -0.05) is 31.5 Å². The largest absolute Gasteiger partial charge is 0.361 e. The Morgan fingerprint density at radius 2 is 1.95 bits per heavy atom. The van der Waals surface area contributed by atoms with Crippen LogP contribution in [0.1, 0.15) is 38.7 Å². The average molecular weight is 291 g/mol. The number of hydrogen-bond acceptors (Lipinski definition) is 1. The number of aromatic amines is 1. The van der Waals surface area contributed by atoms with Crippen molar-refractivity contribution in [2.45, 2.75) is 45.7 Å². The normalized spacial score (nSPS) is 27.1. The monoisotopic (exact) mass is 290 g/mol. The Balaban J connectivity index is 1.68. The molecule has 0 bridgehead atoms. The minimum Gasteiger partial charge on any atom is -0.361 e. The lowest BCUT2D eigenvalue weighted by Gasteiger charge is -2.32. The van der Waals surface area contributed by atoms with E-state index in [1.54, 1.807) is 0 Å². The number of hydrogen-bond donors (Lipinski definition) is 2. The van der Waals surface area contributed by atoms with E-state index >= 15 is 0 Å². The molecular formula is C17H23ClN2. The van der Waals surface area contributed by atoms with Crippen molar-refractivity contribution in [3.8, 4) is 0 Å². The molecule has 20 heavy (non-hydrogen) atoms. The summed E-state index contributed by atoms with van der Waals surface area (Å²) in [4.78, 5) is 3.31. The van der Waals surface area contributed by atoms with Crippen molar-refractivity contribution in [1.82, 2.24) is 10.3 Å². The van der Waals surface area contributed by atoms with Crippen LogP contribution in [0.2, 0.25) is 5.02 Å². The van der Waals surface area contributed by atoms with Crippen molar-refractivity contribution in [3.05, 3.63) is 35.0 Å². The van der Waals surface area contributed by atoms with Gasteiger partial charge < -0.3 is 10.3 Å². The van der Waals surface area contributed by atoms with Crippen molar-refractivity contribution in [2.24, 2.45) is 11.8 Å². The van der Waals surface area contributed by atoms with Gasteiger partial charge in [0.25, 0.3) is 0 Å². The molecule has 0 spiro atoms. The Morgan fingerprint density at radius 1 is 1.20 bits per heavy atom. The Morgan fingerprint density at radius 3 is 2.70 bits per heavy atom. The second-order valence-electron chi connectivity index (χ2n) is 6.50. The highest BCUT2D eigenvalue weighted by Crippen LogP contribution is 2.29. The minimum absolute atomic E-state index is 0.658. The summed E-state index contributed by atoms with van der Waals surface area (Å²) in [5.41, 5.74) is 2.46. The highest BCUT2D eigenvalue weighted by Gasteiger charge is 2.23. The topological polar surface area (TPSA) is 27.8 Å². The maximum Gasteiger partial charge on any atom is 0.0472 e. The first kappa shape index (κ1) is 14.0. The first-order chi connectivity index (χ1) is 9.61. The molecule has 2 unspecified atom stereocenters. The lowest BCUT2D eigenvalue weighted by molar-refractivity contribution is 0.238. The molecule has 1 heterocycles. The number of halogens is 1. The predicted octanol–water partition coefficient (Wildman–Crippen LogP) is 4.74. The second kappa shape index (κ2) is 5.79. The third-order valence-corrected chi connectivity index (χ3v) is 4.72. The SMILES string of the molecule is CC1CC(C)CC(NCc2c[nH]c3cc(Cl)ccc23)C1. The number of nitrogens with one attached hydrogen (secondary N) is 2. The predicted molar refractivity (Wildman–Crippen MR) is 86.1 cm³/mol. The van der Waals surface area contributed by atoms with Gasteiger partial charge in [0.05, 0.1) is 0 Å². The number of H-pyrrole nitrogens is 1. The van der Waals surface area contributed by atoms with E-state index in [2.05, 4.69) is 36.4 Å². The van der Waals surface area contributed by atoms with Crippen LogP contribution in [0.5, 0.6) is 0 Å². The summed E-state index contributed by atoms with van der Waals surface area (Å²) in [6.07, 6.45) is 6.09. The minimum atomic E-state index is 0.658. The number of aromatic nitrogens is 1. The summed E-state index contributed by atoms with van der Waals surface area (Å²) in [5, 5.41) is 5.80. The van der Waals surface area contributed by atoms with E-state index in [1.807, 2.05) is 12.1 Å². The Hall–Kier alpha value is -0.990. The van der Waals surface area contributed by atoms with Crippen molar-refractivity contribution in [2.75, 3.05) is 0 Å². The van der Waals surface area contributed by atoms with Crippen LogP contribution in [0.25, 0.3) is 10.9 Å². The van der Waals surface area contributed by atoms with Gasteiger partial charge in [-0.15, -0.1) is 0 Å². The summed E-state index contributed by atoms with van der Waals surface area (Å²) in [7, 11) is 0. The van der Waals surface area contributed by atoms with Crippen molar-refractivity contribution in [1.29, 1.82) is 0 Å². The molecule has 0 saturated heterocycles. The smallest absolute Gasteiger partial charge is 0.0472 e. The summed E-state index contributed by atoms with van der Waals surface area (Å²) in [6, 6.07) is 6.72. The van der Waals surface area contributed by atoms with Gasteiger partial charge in [0.2, 0.25) is 0 Å². The van der Waals surface area contributed by atoms with Gasteiger partial charge in [-0.25, -0.2) is 0 Å². The van der Waals surface area contributed by atoms with Crippen molar-refractivity contribution in [3.63, 3.8) is 0 Å². The van der Waals surface area contributed by atoms with Gasteiger partial charge in [0, 0.05) is 34.7 Å². The zero-order valence-electron chi connectivity index (χ0n) is 12.2. The van der Waals surface area contributed by atoms with Crippen LogP contribution in [0.15, 0.2) is 24.4 Å². The van der Waals surface area contributed by atoms with Gasteiger partial charge >= 0.3 is 0 Å². The van der Waals surface area contributed by atoms with Crippen molar-refractivity contribution >= 4 is 22.5 Å². The fourth-order valence-corrected chi connectivity index (χ4v) is 3.84. The van der Waals surface area contributed by atoms with E-state index in [9.17, 15) is 0 Å². The van der Waals surface area contributed by atoms with Crippen LogP contribution in [0.4, 0.5) is 0 Å². The lowest BCUT2D eigenvalue weighted by Crippen LogP contribution is -2.35. The van der Waals surface area contributed by atoms with Gasteiger partial charge in [0.1, 0.15) is 0 Å². The molecule has 2 nitrogen and oxygen atoms in total. The highest BCUT2D eigenvalue weighted by molar-refractivity contribution is 6.31. The maximum absolute atomic E-state index is 6.02. The standard InChI is InChI=1S/C17H23ClN2/c1-11-5-12(2)7-15(6-11)19-9-13-10-20-17-8-14(18)3-4-16(13)17/h3-4,8,10-12,15,19-20H,5-7,9H2,1-2H3. The summed E-state index contributed by atoms with van der Waals surface area (Å²) < 4.78 is 0. The van der Waals surface area contributed by atoms with Crippen LogP contribution >= 0.6 is 11.6 Å². The van der Waals surface area contributed by atoms with Gasteiger partial charge in [-0.3, -0.25) is 0 Å². The van der Waals surface area contributed by atoms with Crippen LogP contribution in [0.3, 0.4) is 0 Å². The third-order valence-electron chi connectivity index (χ3n) is 4.49. The van der Waals surface area contributed by atoms with Crippen LogP contribution in [-0.4, -0.2) is 11.0 Å². The molecule has 1 fully saturated rings. The number of rotatable bonds is 3. The molecule has 3 heteroatoms. The first-order valence-corrected chi connectivity index (χ1v) is 7.98. The van der Waals surface area contributed by atoms with Gasteiger partial charge in [-0.2, -0.15) is 0 Å². The zero-order valence-corrected chi connectivity index (χ0v) is 13.0. The maximum atomic E-state index is 6.02. The second-order valence-corrected chi connectivity index (χ2v) is 6.94. The molecule has 108 valence electrons. The van der Waals surface area contributed by atoms with Gasteiger partial charge in [0.15, 0.2) is 0 Å². The fourth-order valence-electron chi connectivity index (χ4n) is 3.67. The zero-order chi connectivity index (χ0) is 14.1. The molecular weight excluding hydrogens is 268 g/mol. The van der Waals surface area contributed by atoms with E-state index in [-0.39, 0.29) is 0 Å². The van der Waals surface area contributed by atoms with Crippen LogP contribution in [-0.2, 0) is 6.54 Å². The molecule has 0 amide bonds. The molecule has 1 aliphatic carbocycles. The number of fused-ring (bicyclic) bond motifs is 1. The van der Waals surface area contributed by atoms with E-state index in [0.29, 0.717) is 6.04 Å². The summed E-state index contributed by atoms with van der Waals surface area (Å²) in [5.74, 6) is 1.69. The molecule has 3 rings (SSSR count). The van der Waals surface area contributed by atoms with Gasteiger partial charge in [-0.05, 0) is 48.8 Å². The van der Waals surface area contributed by atoms with E-state index in [0.717, 1.165) is 28.9 Å². The summed E-state index contributed by atoms with van der Waals surface area (Å²) in [6.45, 7) is 5.68. The Kier molecular flexibility index (Phi) is 4.04. The van der Waals surface area contributed by atoms with E-state index in [1.165, 1.54) is 30.2 Å². The molecule has 1 aliphatic rings. The Labute approximate surface area is 125 Å². The molecule has 0 aliphatic heterocycles.